The zero-order chi connectivity index (χ0) is 17.8. The van der Waals surface area contributed by atoms with Gasteiger partial charge in [-0.3, -0.25) is 4.79 Å². The molecule has 0 aliphatic carbocycles. The molecule has 0 spiro atoms. The normalized spacial score (nSPS) is 11.3. The average Bonchev–Trinajstić information content (AvgIpc) is 2.55. The fourth-order valence-electron chi connectivity index (χ4n) is 2.84. The molecule has 1 rings (SSSR count). The molecule has 0 heterocycles. The van der Waals surface area contributed by atoms with Gasteiger partial charge >= 0.3 is 0 Å². The van der Waals surface area contributed by atoms with E-state index in [2.05, 4.69) is 33.0 Å². The van der Waals surface area contributed by atoms with E-state index in [4.69, 9.17) is 4.74 Å². The zero-order valence-electron chi connectivity index (χ0n) is 16.0. The van der Waals surface area contributed by atoms with Crippen molar-refractivity contribution in [1.29, 1.82) is 0 Å². The van der Waals surface area contributed by atoms with Crippen LogP contribution >= 0.6 is 0 Å². The van der Waals surface area contributed by atoms with Crippen molar-refractivity contribution in [1.82, 2.24) is 5.32 Å². The van der Waals surface area contributed by atoms with E-state index in [1.54, 1.807) is 0 Å². The number of rotatable bonds is 12. The molecule has 0 atom stereocenters. The molecule has 24 heavy (non-hydrogen) atoms. The lowest BCUT2D eigenvalue weighted by Crippen LogP contribution is -2.28. The molecule has 1 aromatic carbocycles. The first-order valence-electron chi connectivity index (χ1n) is 9.49. The lowest BCUT2D eigenvalue weighted by atomic mass is 9.85. The van der Waals surface area contributed by atoms with E-state index in [9.17, 15) is 4.79 Å². The largest absolute Gasteiger partial charge is 0.494 e. The Bertz CT molecular complexity index is 465. The lowest BCUT2D eigenvalue weighted by Gasteiger charge is -2.23. The molecule has 0 aliphatic heterocycles. The van der Waals surface area contributed by atoms with Crippen molar-refractivity contribution in [2.45, 2.75) is 72.6 Å². The number of hydrogen-bond donors (Lipinski definition) is 1. The van der Waals surface area contributed by atoms with E-state index < -0.39 is 0 Å². The van der Waals surface area contributed by atoms with E-state index in [1.807, 2.05) is 24.3 Å². The maximum absolute atomic E-state index is 12.2. The van der Waals surface area contributed by atoms with Crippen LogP contribution in [0.15, 0.2) is 24.3 Å². The Labute approximate surface area is 148 Å². The Morgan fingerprint density at radius 1 is 1.00 bits per heavy atom. The molecule has 1 aromatic rings. The van der Waals surface area contributed by atoms with Gasteiger partial charge in [0.1, 0.15) is 5.75 Å². The lowest BCUT2D eigenvalue weighted by molar-refractivity contribution is 0.0948. The van der Waals surface area contributed by atoms with Crippen molar-refractivity contribution >= 4 is 5.91 Å². The second kappa shape index (κ2) is 11.1. The summed E-state index contributed by atoms with van der Waals surface area (Å²) in [4.78, 5) is 12.2. The Hall–Kier alpha value is -1.51. The molecule has 3 nitrogen and oxygen atoms in total. The molecule has 0 saturated carbocycles. The molecule has 3 heteroatoms. The van der Waals surface area contributed by atoms with E-state index in [1.165, 1.54) is 32.1 Å². The number of amides is 1. The summed E-state index contributed by atoms with van der Waals surface area (Å²) in [6.45, 7) is 10.4. The van der Waals surface area contributed by atoms with Gasteiger partial charge in [-0.15, -0.1) is 0 Å². The molecule has 1 N–H and O–H groups in total. The second-order valence-electron chi connectivity index (χ2n) is 7.35. The smallest absolute Gasteiger partial charge is 0.251 e. The van der Waals surface area contributed by atoms with E-state index in [0.717, 1.165) is 31.7 Å². The topological polar surface area (TPSA) is 38.3 Å². The number of nitrogens with one attached hydrogen (secondary N) is 1. The van der Waals surface area contributed by atoms with Gasteiger partial charge in [-0.05, 0) is 48.9 Å². The Morgan fingerprint density at radius 3 is 2.33 bits per heavy atom. The summed E-state index contributed by atoms with van der Waals surface area (Å²) in [5.74, 6) is 0.837. The van der Waals surface area contributed by atoms with Gasteiger partial charge in [-0.25, -0.2) is 0 Å². The predicted molar refractivity (Wildman–Crippen MR) is 102 cm³/mol. The molecule has 0 bridgehead atoms. The van der Waals surface area contributed by atoms with Crippen molar-refractivity contribution in [3.05, 3.63) is 29.8 Å². The molecular weight excluding hydrogens is 298 g/mol. The Balaban J connectivity index is 2.33. The van der Waals surface area contributed by atoms with Gasteiger partial charge in [0.15, 0.2) is 0 Å². The first-order valence-corrected chi connectivity index (χ1v) is 9.49. The van der Waals surface area contributed by atoms with Crippen molar-refractivity contribution in [3.63, 3.8) is 0 Å². The molecule has 0 radical (unpaired) electrons. The summed E-state index contributed by atoms with van der Waals surface area (Å²) in [5, 5.41) is 3.02. The highest BCUT2D eigenvalue weighted by atomic mass is 16.5. The van der Waals surface area contributed by atoms with Gasteiger partial charge in [0, 0.05) is 12.1 Å². The Kier molecular flexibility index (Phi) is 9.51. The second-order valence-corrected chi connectivity index (χ2v) is 7.35. The third-order valence-electron chi connectivity index (χ3n) is 4.40. The highest BCUT2D eigenvalue weighted by Crippen LogP contribution is 2.25. The monoisotopic (exact) mass is 333 g/mol. The molecule has 0 aliphatic rings. The average molecular weight is 334 g/mol. The molecule has 0 fully saturated rings. The van der Waals surface area contributed by atoms with Crippen LogP contribution in [0.5, 0.6) is 5.75 Å². The summed E-state index contributed by atoms with van der Waals surface area (Å²) in [6, 6.07) is 7.45. The number of hydrogen-bond acceptors (Lipinski definition) is 2. The Morgan fingerprint density at radius 2 is 1.71 bits per heavy atom. The molecule has 136 valence electrons. The number of carbonyl (C=O) groups excluding carboxylic acids is 1. The van der Waals surface area contributed by atoms with Crippen LogP contribution in [0.4, 0.5) is 0 Å². The van der Waals surface area contributed by atoms with Gasteiger partial charge in [0.05, 0.1) is 6.61 Å². The van der Waals surface area contributed by atoms with Crippen LogP contribution in [-0.4, -0.2) is 19.1 Å². The summed E-state index contributed by atoms with van der Waals surface area (Å²) >= 11 is 0. The van der Waals surface area contributed by atoms with Crippen molar-refractivity contribution < 1.29 is 9.53 Å². The van der Waals surface area contributed by atoms with Crippen LogP contribution in [0.3, 0.4) is 0 Å². The summed E-state index contributed by atoms with van der Waals surface area (Å²) in [6.07, 6.45) is 8.17. The maximum atomic E-state index is 12.2. The van der Waals surface area contributed by atoms with Crippen molar-refractivity contribution in [2.24, 2.45) is 5.41 Å². The quantitative estimate of drug-likeness (QED) is 0.506. The van der Waals surface area contributed by atoms with Crippen molar-refractivity contribution in [3.8, 4) is 5.75 Å². The summed E-state index contributed by atoms with van der Waals surface area (Å²) in [7, 11) is 0. The van der Waals surface area contributed by atoms with E-state index in [-0.39, 0.29) is 11.3 Å². The number of ether oxygens (including phenoxy) is 1. The minimum absolute atomic E-state index is 0.00297. The first kappa shape index (κ1) is 20.5. The number of carbonyl (C=O) groups is 1. The van der Waals surface area contributed by atoms with Gasteiger partial charge in [0.25, 0.3) is 5.91 Å². The maximum Gasteiger partial charge on any atom is 0.251 e. The highest BCUT2D eigenvalue weighted by molar-refractivity contribution is 5.94. The number of benzene rings is 1. The fourth-order valence-corrected chi connectivity index (χ4v) is 2.84. The molecule has 0 aromatic heterocycles. The van der Waals surface area contributed by atoms with Crippen LogP contribution in [0.1, 0.15) is 83.0 Å². The van der Waals surface area contributed by atoms with Crippen LogP contribution in [0.25, 0.3) is 0 Å². The standard InChI is InChI=1S/C21H35NO2/c1-5-7-8-9-17-24-19-12-10-18(11-13-19)20(23)22-16-15-21(3,4)14-6-2/h10-13H,5-9,14-17H2,1-4H3,(H,22,23). The molecule has 1 amide bonds. The van der Waals surface area contributed by atoms with E-state index in [0.29, 0.717) is 5.56 Å². The van der Waals surface area contributed by atoms with Crippen LogP contribution in [-0.2, 0) is 0 Å². The minimum Gasteiger partial charge on any atom is -0.494 e. The molecule has 0 saturated heterocycles. The SMILES string of the molecule is CCCCCCOc1ccc(C(=O)NCCC(C)(C)CCC)cc1. The van der Waals surface area contributed by atoms with Crippen molar-refractivity contribution in [2.75, 3.05) is 13.2 Å². The van der Waals surface area contributed by atoms with Crippen LogP contribution in [0, 0.1) is 5.41 Å². The molecular formula is C21H35NO2. The van der Waals surface area contributed by atoms with Gasteiger partial charge in [-0.1, -0.05) is 53.4 Å². The predicted octanol–water partition coefficient (Wildman–Crippen LogP) is 5.59. The van der Waals surface area contributed by atoms with Crippen LogP contribution < -0.4 is 10.1 Å². The fraction of sp³-hybridized carbons (Fsp3) is 0.667. The zero-order valence-corrected chi connectivity index (χ0v) is 16.0. The van der Waals surface area contributed by atoms with Gasteiger partial charge in [0.2, 0.25) is 0 Å². The van der Waals surface area contributed by atoms with Gasteiger partial charge < -0.3 is 10.1 Å². The van der Waals surface area contributed by atoms with Gasteiger partial charge in [-0.2, -0.15) is 0 Å². The third-order valence-corrected chi connectivity index (χ3v) is 4.40. The minimum atomic E-state index is -0.00297. The summed E-state index contributed by atoms with van der Waals surface area (Å²) in [5.41, 5.74) is 0.985. The third kappa shape index (κ3) is 8.37. The first-order chi connectivity index (χ1) is 11.5. The molecule has 0 unspecified atom stereocenters. The van der Waals surface area contributed by atoms with Crippen LogP contribution in [0.2, 0.25) is 0 Å². The summed E-state index contributed by atoms with van der Waals surface area (Å²) < 4.78 is 5.71. The number of unbranched alkanes of at least 4 members (excludes halogenated alkanes) is 3. The highest BCUT2D eigenvalue weighted by Gasteiger charge is 2.16. The van der Waals surface area contributed by atoms with E-state index >= 15 is 0 Å².